The van der Waals surface area contributed by atoms with Crippen LogP contribution in [-0.4, -0.2) is 99.2 Å². The van der Waals surface area contributed by atoms with Crippen molar-refractivity contribution >= 4 is 11.6 Å². The van der Waals surface area contributed by atoms with E-state index in [0.717, 1.165) is 96.0 Å². The third-order valence-corrected chi connectivity index (χ3v) is 6.79. The van der Waals surface area contributed by atoms with Gasteiger partial charge in [-0.3, -0.25) is 9.89 Å². The molecular weight excluding hydrogens is 403 g/mol. The van der Waals surface area contributed by atoms with E-state index in [-0.39, 0.29) is 5.82 Å². The largest absolute Gasteiger partial charge is 0.367 e. The molecule has 1 atom stereocenters. The summed E-state index contributed by atoms with van der Waals surface area (Å²) in [5, 5.41) is 3.50. The van der Waals surface area contributed by atoms with E-state index in [1.807, 2.05) is 12.1 Å². The molecule has 0 bridgehead atoms. The number of nitrogens with one attached hydrogen (secondary N) is 1. The molecule has 0 amide bonds. The molecular formula is C25H43FN6. The zero-order valence-electron chi connectivity index (χ0n) is 20.4. The predicted octanol–water partition coefficient (Wildman–Crippen LogP) is 2.97. The van der Waals surface area contributed by atoms with E-state index < -0.39 is 0 Å². The molecule has 2 heterocycles. The molecule has 1 aromatic rings. The highest BCUT2D eigenvalue weighted by atomic mass is 19.1. The van der Waals surface area contributed by atoms with Gasteiger partial charge < -0.3 is 20.0 Å². The van der Waals surface area contributed by atoms with Crippen LogP contribution in [0.3, 0.4) is 0 Å². The van der Waals surface area contributed by atoms with Crippen LogP contribution >= 0.6 is 0 Å². The van der Waals surface area contributed by atoms with Crippen molar-refractivity contribution in [3.63, 3.8) is 0 Å². The summed E-state index contributed by atoms with van der Waals surface area (Å²) in [4.78, 5) is 14.6. The van der Waals surface area contributed by atoms with Gasteiger partial charge in [0.05, 0.1) is 5.69 Å². The van der Waals surface area contributed by atoms with Crippen molar-refractivity contribution in [3.8, 4) is 0 Å². The normalized spacial score (nSPS) is 20.4. The zero-order chi connectivity index (χ0) is 22.8. The average Bonchev–Trinajstić information content (AvgIpc) is 3.29. The third kappa shape index (κ3) is 7.07. The number of para-hydroxylation sites is 1. The Morgan fingerprint density at radius 3 is 2.53 bits per heavy atom. The SMILES string of the molecule is CCNC(=NCCCN1CCN(c2ccccc2F)CC1)N1CCC(CN(CC)CC)C1. The van der Waals surface area contributed by atoms with E-state index in [1.165, 1.54) is 13.0 Å². The molecule has 6 nitrogen and oxygen atoms in total. The highest BCUT2D eigenvalue weighted by Gasteiger charge is 2.26. The lowest BCUT2D eigenvalue weighted by molar-refractivity contribution is 0.254. The first-order valence-corrected chi connectivity index (χ1v) is 12.6. The summed E-state index contributed by atoms with van der Waals surface area (Å²) in [6, 6.07) is 7.10. The molecule has 2 fully saturated rings. The van der Waals surface area contributed by atoms with Crippen LogP contribution in [0.15, 0.2) is 29.3 Å². The number of hydrogen-bond donors (Lipinski definition) is 1. The number of guanidine groups is 1. The fraction of sp³-hybridized carbons (Fsp3) is 0.720. The summed E-state index contributed by atoms with van der Waals surface area (Å²) in [6.45, 7) is 18.9. The maximum Gasteiger partial charge on any atom is 0.193 e. The maximum absolute atomic E-state index is 14.0. The molecule has 1 unspecified atom stereocenters. The van der Waals surface area contributed by atoms with Gasteiger partial charge in [0.25, 0.3) is 0 Å². The van der Waals surface area contributed by atoms with Gasteiger partial charge in [0.15, 0.2) is 5.96 Å². The Hall–Kier alpha value is -1.86. The van der Waals surface area contributed by atoms with Crippen LogP contribution in [-0.2, 0) is 0 Å². The number of piperazine rings is 1. The smallest absolute Gasteiger partial charge is 0.193 e. The predicted molar refractivity (Wildman–Crippen MR) is 133 cm³/mol. The van der Waals surface area contributed by atoms with Gasteiger partial charge >= 0.3 is 0 Å². The van der Waals surface area contributed by atoms with Gasteiger partial charge in [-0.2, -0.15) is 0 Å². The van der Waals surface area contributed by atoms with Crippen LogP contribution < -0.4 is 10.2 Å². The Balaban J connectivity index is 1.40. The number of rotatable bonds is 10. The van der Waals surface area contributed by atoms with E-state index in [2.05, 4.69) is 45.7 Å². The zero-order valence-corrected chi connectivity index (χ0v) is 20.4. The minimum absolute atomic E-state index is 0.118. The molecule has 0 aliphatic carbocycles. The molecule has 0 aromatic heterocycles. The van der Waals surface area contributed by atoms with Gasteiger partial charge in [0, 0.05) is 65.4 Å². The minimum atomic E-state index is -0.118. The van der Waals surface area contributed by atoms with Crippen LogP contribution in [0.4, 0.5) is 10.1 Å². The summed E-state index contributed by atoms with van der Waals surface area (Å²) in [5.41, 5.74) is 0.733. The van der Waals surface area contributed by atoms with Crippen molar-refractivity contribution in [2.45, 2.75) is 33.6 Å². The van der Waals surface area contributed by atoms with Gasteiger partial charge in [-0.25, -0.2) is 4.39 Å². The van der Waals surface area contributed by atoms with Crippen LogP contribution in [0, 0.1) is 11.7 Å². The van der Waals surface area contributed by atoms with Gasteiger partial charge in [0.2, 0.25) is 0 Å². The van der Waals surface area contributed by atoms with Crippen molar-refractivity contribution < 1.29 is 4.39 Å². The Bertz CT molecular complexity index is 699. The van der Waals surface area contributed by atoms with Crippen LogP contribution in [0.25, 0.3) is 0 Å². The number of halogens is 1. The number of hydrogen-bond acceptors (Lipinski definition) is 4. The molecule has 2 aliphatic rings. The molecule has 0 spiro atoms. The Morgan fingerprint density at radius 1 is 1.09 bits per heavy atom. The molecule has 180 valence electrons. The summed E-state index contributed by atoms with van der Waals surface area (Å²) in [5.74, 6) is 1.70. The molecule has 1 N–H and O–H groups in total. The maximum atomic E-state index is 14.0. The highest BCUT2D eigenvalue weighted by Crippen LogP contribution is 2.20. The number of aliphatic imine (C=N–C) groups is 1. The van der Waals surface area contributed by atoms with Gasteiger partial charge in [-0.15, -0.1) is 0 Å². The topological polar surface area (TPSA) is 37.4 Å². The molecule has 3 rings (SSSR count). The Kier molecular flexibility index (Phi) is 10.1. The van der Waals surface area contributed by atoms with Crippen LogP contribution in [0.5, 0.6) is 0 Å². The van der Waals surface area contributed by atoms with E-state index in [9.17, 15) is 4.39 Å². The fourth-order valence-electron chi connectivity index (χ4n) is 4.85. The summed E-state index contributed by atoms with van der Waals surface area (Å²) < 4.78 is 14.0. The number of benzene rings is 1. The second-order valence-corrected chi connectivity index (χ2v) is 8.96. The first-order chi connectivity index (χ1) is 15.6. The first-order valence-electron chi connectivity index (χ1n) is 12.6. The van der Waals surface area contributed by atoms with Gasteiger partial charge in [-0.05, 0) is 50.9 Å². The Labute approximate surface area is 194 Å². The van der Waals surface area contributed by atoms with Crippen molar-refractivity contribution in [1.29, 1.82) is 0 Å². The molecule has 0 radical (unpaired) electrons. The monoisotopic (exact) mass is 446 g/mol. The van der Waals surface area contributed by atoms with Crippen molar-refractivity contribution in [3.05, 3.63) is 30.1 Å². The Morgan fingerprint density at radius 2 is 1.84 bits per heavy atom. The van der Waals surface area contributed by atoms with E-state index in [4.69, 9.17) is 4.99 Å². The van der Waals surface area contributed by atoms with Crippen molar-refractivity contribution in [2.75, 3.05) is 83.4 Å². The standard InChI is InChI=1S/C25H43FN6/c1-4-27-25(32-15-12-22(21-32)20-29(5-2)6-3)28-13-9-14-30-16-18-31(19-17-30)24-11-8-7-10-23(24)26/h7-8,10-11,22H,4-6,9,12-21H2,1-3H3,(H,27,28). The number of anilines is 1. The quantitative estimate of drug-likeness (QED) is 0.340. The molecule has 1 aromatic carbocycles. The van der Waals surface area contributed by atoms with E-state index >= 15 is 0 Å². The summed E-state index contributed by atoms with van der Waals surface area (Å²) in [6.07, 6.45) is 2.32. The number of nitrogens with zero attached hydrogens (tertiary/aromatic N) is 5. The van der Waals surface area contributed by atoms with Crippen LogP contribution in [0.1, 0.15) is 33.6 Å². The van der Waals surface area contributed by atoms with E-state index in [0.29, 0.717) is 0 Å². The van der Waals surface area contributed by atoms with Crippen LogP contribution in [0.2, 0.25) is 0 Å². The molecule has 32 heavy (non-hydrogen) atoms. The molecule has 2 aliphatic heterocycles. The summed E-state index contributed by atoms with van der Waals surface area (Å²) in [7, 11) is 0. The third-order valence-electron chi connectivity index (χ3n) is 6.79. The molecule has 2 saturated heterocycles. The lowest BCUT2D eigenvalue weighted by Crippen LogP contribution is -2.47. The minimum Gasteiger partial charge on any atom is -0.367 e. The first kappa shape index (κ1) is 24.8. The van der Waals surface area contributed by atoms with Crippen molar-refractivity contribution in [1.82, 2.24) is 20.0 Å². The second kappa shape index (κ2) is 13.0. The lowest BCUT2D eigenvalue weighted by atomic mass is 10.1. The van der Waals surface area contributed by atoms with E-state index in [1.54, 1.807) is 12.1 Å². The summed E-state index contributed by atoms with van der Waals surface area (Å²) >= 11 is 0. The second-order valence-electron chi connectivity index (χ2n) is 8.96. The van der Waals surface area contributed by atoms with Gasteiger partial charge in [0.1, 0.15) is 5.82 Å². The fourth-order valence-corrected chi connectivity index (χ4v) is 4.85. The lowest BCUT2D eigenvalue weighted by Gasteiger charge is -2.36. The van der Waals surface area contributed by atoms with Gasteiger partial charge in [-0.1, -0.05) is 26.0 Å². The highest BCUT2D eigenvalue weighted by molar-refractivity contribution is 5.80. The molecule has 0 saturated carbocycles. The number of likely N-dealkylation sites (tertiary alicyclic amines) is 1. The molecule has 7 heteroatoms. The average molecular weight is 447 g/mol. The van der Waals surface area contributed by atoms with Crippen molar-refractivity contribution in [2.24, 2.45) is 10.9 Å².